The Morgan fingerprint density at radius 3 is 2.50 bits per heavy atom. The first-order valence-corrected chi connectivity index (χ1v) is 5.11. The monoisotopic (exact) mass is 224 g/mol. The Bertz CT molecular complexity index is 393. The molecule has 0 aromatic heterocycles. The summed E-state index contributed by atoms with van der Waals surface area (Å²) in [6.07, 6.45) is 0.677. The third kappa shape index (κ3) is 1.80. The van der Waals surface area contributed by atoms with Crippen molar-refractivity contribution in [3.8, 4) is 0 Å². The number of hydrogen-bond donors (Lipinski definition) is 1. The minimum atomic E-state index is -1.01. The first kappa shape index (κ1) is 11.1. The largest absolute Gasteiger partial charge is 0.469 e. The van der Waals surface area contributed by atoms with Gasteiger partial charge in [0.05, 0.1) is 18.6 Å². The Morgan fingerprint density at radius 2 is 2.00 bits per heavy atom. The first-order valence-electron chi connectivity index (χ1n) is 5.11. The highest BCUT2D eigenvalue weighted by Crippen LogP contribution is 2.45. The quantitative estimate of drug-likeness (QED) is 0.776. The lowest BCUT2D eigenvalue weighted by Crippen LogP contribution is -2.44. The average molecular weight is 224 g/mol. The van der Waals surface area contributed by atoms with Gasteiger partial charge in [0.2, 0.25) is 0 Å². The second-order valence-corrected chi connectivity index (χ2v) is 4.17. The van der Waals surface area contributed by atoms with Crippen LogP contribution in [0.4, 0.5) is 4.39 Å². The molecule has 1 N–H and O–H groups in total. The van der Waals surface area contributed by atoms with E-state index in [2.05, 4.69) is 4.74 Å². The van der Waals surface area contributed by atoms with Crippen LogP contribution in [0.15, 0.2) is 24.3 Å². The van der Waals surface area contributed by atoms with Gasteiger partial charge in [0.25, 0.3) is 0 Å². The van der Waals surface area contributed by atoms with Gasteiger partial charge in [-0.15, -0.1) is 0 Å². The van der Waals surface area contributed by atoms with E-state index in [0.717, 1.165) is 0 Å². The summed E-state index contributed by atoms with van der Waals surface area (Å²) >= 11 is 0. The molecule has 4 heteroatoms. The predicted octanol–water partition coefficient (Wildman–Crippen LogP) is 1.60. The average Bonchev–Trinajstić information content (AvgIpc) is 2.25. The van der Waals surface area contributed by atoms with Crippen LogP contribution in [-0.4, -0.2) is 18.2 Å². The second kappa shape index (κ2) is 3.87. The number of halogens is 1. The van der Waals surface area contributed by atoms with Gasteiger partial charge in [-0.3, -0.25) is 4.79 Å². The van der Waals surface area contributed by atoms with E-state index >= 15 is 0 Å². The van der Waals surface area contributed by atoms with Crippen molar-refractivity contribution in [3.63, 3.8) is 0 Å². The minimum absolute atomic E-state index is 0.250. The van der Waals surface area contributed by atoms with E-state index in [1.807, 2.05) is 0 Å². The van der Waals surface area contributed by atoms with Crippen LogP contribution in [0.3, 0.4) is 0 Å². The van der Waals surface area contributed by atoms with Crippen LogP contribution in [0.2, 0.25) is 0 Å². The fraction of sp³-hybridized carbons (Fsp3) is 0.417. The molecular weight excluding hydrogens is 211 g/mol. The van der Waals surface area contributed by atoms with Crippen LogP contribution in [0, 0.1) is 11.7 Å². The predicted molar refractivity (Wildman–Crippen MR) is 55.0 cm³/mol. The van der Waals surface area contributed by atoms with Gasteiger partial charge < -0.3 is 9.84 Å². The number of carbonyl (C=O) groups excluding carboxylic acids is 1. The van der Waals surface area contributed by atoms with Gasteiger partial charge in [-0.25, -0.2) is 4.39 Å². The number of aliphatic hydroxyl groups is 1. The van der Waals surface area contributed by atoms with Crippen LogP contribution >= 0.6 is 0 Å². The highest BCUT2D eigenvalue weighted by Gasteiger charge is 2.47. The van der Waals surface area contributed by atoms with E-state index in [1.54, 1.807) is 12.1 Å². The third-order valence-corrected chi connectivity index (χ3v) is 3.08. The zero-order valence-electron chi connectivity index (χ0n) is 8.94. The maximum Gasteiger partial charge on any atom is 0.308 e. The molecule has 0 unspecified atom stereocenters. The van der Waals surface area contributed by atoms with Crippen LogP contribution in [0.25, 0.3) is 0 Å². The molecule has 1 aliphatic carbocycles. The number of rotatable bonds is 2. The Kier molecular flexibility index (Phi) is 2.68. The molecule has 86 valence electrons. The second-order valence-electron chi connectivity index (χ2n) is 4.17. The summed E-state index contributed by atoms with van der Waals surface area (Å²) in [6, 6.07) is 5.70. The fourth-order valence-corrected chi connectivity index (χ4v) is 2.08. The van der Waals surface area contributed by atoms with Gasteiger partial charge in [-0.1, -0.05) is 12.1 Å². The van der Waals surface area contributed by atoms with Gasteiger partial charge in [0.1, 0.15) is 5.82 Å². The first-order chi connectivity index (χ1) is 7.55. The lowest BCUT2D eigenvalue weighted by atomic mass is 9.67. The van der Waals surface area contributed by atoms with Crippen molar-refractivity contribution in [2.24, 2.45) is 5.92 Å². The molecule has 0 amide bonds. The fourth-order valence-electron chi connectivity index (χ4n) is 2.08. The molecule has 1 aromatic rings. The smallest absolute Gasteiger partial charge is 0.308 e. The molecule has 0 radical (unpaired) electrons. The molecule has 16 heavy (non-hydrogen) atoms. The number of methoxy groups -OCH3 is 1. The zero-order valence-corrected chi connectivity index (χ0v) is 8.94. The topological polar surface area (TPSA) is 46.5 Å². The molecule has 2 rings (SSSR count). The summed E-state index contributed by atoms with van der Waals surface area (Å²) in [5.41, 5.74) is -0.360. The highest BCUT2D eigenvalue weighted by atomic mass is 19.1. The summed E-state index contributed by atoms with van der Waals surface area (Å²) in [5.74, 6) is -0.886. The lowest BCUT2D eigenvalue weighted by Gasteiger charge is -2.42. The standard InChI is InChI=1S/C12H13FO3/c1-16-11(14)8-6-12(15,7-8)9-2-4-10(13)5-3-9/h2-5,8,15H,6-7H2,1H3. The number of hydrogen-bond acceptors (Lipinski definition) is 3. The third-order valence-electron chi connectivity index (χ3n) is 3.08. The summed E-state index contributed by atoms with van der Waals surface area (Å²) in [4.78, 5) is 11.2. The Balaban J connectivity index is 2.07. The van der Waals surface area contributed by atoms with Gasteiger partial charge >= 0.3 is 5.97 Å². The Hall–Kier alpha value is -1.42. The maximum absolute atomic E-state index is 12.7. The van der Waals surface area contributed by atoms with Crippen molar-refractivity contribution in [1.29, 1.82) is 0 Å². The number of carbonyl (C=O) groups is 1. The van der Waals surface area contributed by atoms with Crippen LogP contribution in [0.1, 0.15) is 18.4 Å². The van der Waals surface area contributed by atoms with Gasteiger partial charge in [0.15, 0.2) is 0 Å². The molecule has 0 bridgehead atoms. The van der Waals surface area contributed by atoms with E-state index in [4.69, 9.17) is 0 Å². The molecule has 1 fully saturated rings. The number of ether oxygens (including phenoxy) is 1. The molecule has 0 aliphatic heterocycles. The molecule has 0 heterocycles. The molecule has 0 spiro atoms. The van der Waals surface area contributed by atoms with E-state index in [9.17, 15) is 14.3 Å². The summed E-state index contributed by atoms with van der Waals surface area (Å²) in [7, 11) is 1.33. The lowest BCUT2D eigenvalue weighted by molar-refractivity contribution is -0.163. The zero-order chi connectivity index (χ0) is 11.8. The number of benzene rings is 1. The minimum Gasteiger partial charge on any atom is -0.469 e. The van der Waals surface area contributed by atoms with E-state index in [-0.39, 0.29) is 17.7 Å². The normalized spacial score (nSPS) is 28.3. The van der Waals surface area contributed by atoms with E-state index < -0.39 is 5.60 Å². The number of esters is 1. The molecule has 3 nitrogen and oxygen atoms in total. The van der Waals surface area contributed by atoms with Crippen molar-refractivity contribution in [2.45, 2.75) is 18.4 Å². The molecule has 1 aliphatic rings. The van der Waals surface area contributed by atoms with Crippen molar-refractivity contribution in [3.05, 3.63) is 35.6 Å². The van der Waals surface area contributed by atoms with Crippen LogP contribution < -0.4 is 0 Å². The molecule has 1 saturated carbocycles. The highest BCUT2D eigenvalue weighted by molar-refractivity contribution is 5.74. The van der Waals surface area contributed by atoms with Gasteiger partial charge in [-0.05, 0) is 30.5 Å². The Morgan fingerprint density at radius 1 is 1.44 bits per heavy atom. The van der Waals surface area contributed by atoms with Crippen molar-refractivity contribution in [2.75, 3.05) is 7.11 Å². The van der Waals surface area contributed by atoms with E-state index in [1.165, 1.54) is 19.2 Å². The van der Waals surface area contributed by atoms with Crippen molar-refractivity contribution < 1.29 is 19.0 Å². The molecule has 0 atom stereocenters. The van der Waals surface area contributed by atoms with Crippen molar-refractivity contribution >= 4 is 5.97 Å². The SMILES string of the molecule is COC(=O)C1CC(O)(c2ccc(F)cc2)C1. The molecular formula is C12H13FO3. The van der Waals surface area contributed by atoms with Crippen LogP contribution in [-0.2, 0) is 15.1 Å². The van der Waals surface area contributed by atoms with Gasteiger partial charge in [-0.2, -0.15) is 0 Å². The van der Waals surface area contributed by atoms with Crippen LogP contribution in [0.5, 0.6) is 0 Å². The van der Waals surface area contributed by atoms with E-state index in [0.29, 0.717) is 18.4 Å². The summed E-state index contributed by atoms with van der Waals surface area (Å²) in [5, 5.41) is 10.2. The molecule has 0 saturated heterocycles. The summed E-state index contributed by atoms with van der Waals surface area (Å²) in [6.45, 7) is 0. The maximum atomic E-state index is 12.7. The summed E-state index contributed by atoms with van der Waals surface area (Å²) < 4.78 is 17.3. The van der Waals surface area contributed by atoms with Gasteiger partial charge in [0, 0.05) is 0 Å². The Labute approximate surface area is 92.9 Å². The van der Waals surface area contributed by atoms with Crippen molar-refractivity contribution in [1.82, 2.24) is 0 Å². The molecule has 1 aromatic carbocycles.